The van der Waals surface area contributed by atoms with Crippen molar-refractivity contribution >= 4 is 11.7 Å². The van der Waals surface area contributed by atoms with Crippen molar-refractivity contribution in [1.82, 2.24) is 5.32 Å². The van der Waals surface area contributed by atoms with Gasteiger partial charge in [-0.1, -0.05) is 6.07 Å². The Kier molecular flexibility index (Phi) is 3.93. The molecule has 0 radical (unpaired) electrons. The molecule has 2 N–H and O–H groups in total. The largest absolute Gasteiger partial charge is 0.376 e. The van der Waals surface area contributed by atoms with Gasteiger partial charge in [0.25, 0.3) is 0 Å². The monoisotopic (exact) mass is 238 g/mol. The van der Waals surface area contributed by atoms with Gasteiger partial charge in [-0.3, -0.25) is 0 Å². The van der Waals surface area contributed by atoms with E-state index in [1.54, 1.807) is 12.1 Å². The normalized spacial score (nSPS) is 19.0. The lowest BCUT2D eigenvalue weighted by Crippen LogP contribution is -2.35. The zero-order chi connectivity index (χ0) is 12.1. The van der Waals surface area contributed by atoms with Gasteiger partial charge in [0.1, 0.15) is 5.82 Å². The van der Waals surface area contributed by atoms with Crippen molar-refractivity contribution in [3.8, 4) is 0 Å². The zero-order valence-corrected chi connectivity index (χ0v) is 9.41. The van der Waals surface area contributed by atoms with Crippen LogP contribution in [0.2, 0.25) is 0 Å². The average Bonchev–Trinajstić information content (AvgIpc) is 2.79. The van der Waals surface area contributed by atoms with Crippen LogP contribution in [0.1, 0.15) is 12.8 Å². The van der Waals surface area contributed by atoms with Crippen LogP contribution in [0.15, 0.2) is 24.3 Å². The summed E-state index contributed by atoms with van der Waals surface area (Å²) in [5.41, 5.74) is 0.440. The van der Waals surface area contributed by atoms with E-state index in [2.05, 4.69) is 10.6 Å². The fourth-order valence-electron chi connectivity index (χ4n) is 1.75. The number of benzene rings is 1. The zero-order valence-electron chi connectivity index (χ0n) is 9.41. The number of halogens is 1. The molecule has 1 saturated heterocycles. The van der Waals surface area contributed by atoms with Gasteiger partial charge in [0.05, 0.1) is 6.10 Å². The van der Waals surface area contributed by atoms with Crippen molar-refractivity contribution in [3.05, 3.63) is 30.1 Å². The van der Waals surface area contributed by atoms with Crippen molar-refractivity contribution in [3.63, 3.8) is 0 Å². The standard InChI is InChI=1S/C12H15FN2O2/c13-9-3-1-4-10(7-9)15-12(16)14-8-11-5-2-6-17-11/h1,3-4,7,11H,2,5-6,8H2,(H2,14,15,16)/t11-/m0/s1. The Hall–Kier alpha value is -1.62. The van der Waals surface area contributed by atoms with Gasteiger partial charge in [-0.2, -0.15) is 0 Å². The summed E-state index contributed by atoms with van der Waals surface area (Å²) < 4.78 is 18.2. The first kappa shape index (κ1) is 11.9. The molecule has 0 bridgehead atoms. The number of nitrogens with one attached hydrogen (secondary N) is 2. The van der Waals surface area contributed by atoms with Gasteiger partial charge in [-0.15, -0.1) is 0 Å². The average molecular weight is 238 g/mol. The molecule has 1 aliphatic heterocycles. The van der Waals surface area contributed by atoms with Gasteiger partial charge in [-0.25, -0.2) is 9.18 Å². The molecule has 0 aliphatic carbocycles. The van der Waals surface area contributed by atoms with Crippen LogP contribution in [-0.4, -0.2) is 25.3 Å². The first-order valence-electron chi connectivity index (χ1n) is 5.66. The van der Waals surface area contributed by atoms with Gasteiger partial charge >= 0.3 is 6.03 Å². The number of ether oxygens (including phenoxy) is 1. The predicted molar refractivity (Wildman–Crippen MR) is 62.4 cm³/mol. The third-order valence-corrected chi connectivity index (χ3v) is 2.60. The second kappa shape index (κ2) is 5.63. The molecule has 1 atom stereocenters. The minimum atomic E-state index is -0.373. The highest BCUT2D eigenvalue weighted by Gasteiger charge is 2.15. The lowest BCUT2D eigenvalue weighted by Gasteiger charge is -2.11. The first-order chi connectivity index (χ1) is 8.24. The van der Waals surface area contributed by atoms with Crippen molar-refractivity contribution < 1.29 is 13.9 Å². The van der Waals surface area contributed by atoms with Gasteiger partial charge in [0.15, 0.2) is 0 Å². The van der Waals surface area contributed by atoms with Gasteiger partial charge in [0.2, 0.25) is 0 Å². The molecule has 17 heavy (non-hydrogen) atoms. The fourth-order valence-corrected chi connectivity index (χ4v) is 1.75. The molecule has 5 heteroatoms. The lowest BCUT2D eigenvalue weighted by molar-refractivity contribution is 0.112. The van der Waals surface area contributed by atoms with E-state index in [1.807, 2.05) is 0 Å². The molecular formula is C12H15FN2O2. The topological polar surface area (TPSA) is 50.4 Å². The molecule has 1 aromatic carbocycles. The number of rotatable bonds is 3. The second-order valence-corrected chi connectivity index (χ2v) is 3.98. The number of hydrogen-bond acceptors (Lipinski definition) is 2. The molecule has 0 spiro atoms. The summed E-state index contributed by atoms with van der Waals surface area (Å²) in [7, 11) is 0. The summed E-state index contributed by atoms with van der Waals surface area (Å²) in [6, 6.07) is 5.44. The van der Waals surface area contributed by atoms with Crippen LogP contribution in [0.5, 0.6) is 0 Å². The van der Waals surface area contributed by atoms with E-state index >= 15 is 0 Å². The van der Waals surface area contributed by atoms with E-state index in [4.69, 9.17) is 4.74 Å². The summed E-state index contributed by atoms with van der Waals surface area (Å²) in [6.45, 7) is 1.25. The van der Waals surface area contributed by atoms with E-state index in [0.717, 1.165) is 19.4 Å². The number of urea groups is 1. The minimum absolute atomic E-state index is 0.105. The molecular weight excluding hydrogens is 223 g/mol. The Bertz CT molecular complexity index is 392. The second-order valence-electron chi connectivity index (χ2n) is 3.98. The third kappa shape index (κ3) is 3.71. The Morgan fingerprint density at radius 3 is 3.12 bits per heavy atom. The molecule has 1 heterocycles. The Morgan fingerprint density at radius 2 is 2.41 bits per heavy atom. The highest BCUT2D eigenvalue weighted by molar-refractivity contribution is 5.89. The van der Waals surface area contributed by atoms with Gasteiger partial charge in [-0.05, 0) is 31.0 Å². The summed E-state index contributed by atoms with van der Waals surface area (Å²) in [4.78, 5) is 11.5. The molecule has 0 unspecified atom stereocenters. The van der Waals surface area contributed by atoms with Crippen molar-refractivity contribution in [2.75, 3.05) is 18.5 Å². The molecule has 2 rings (SSSR count). The quantitative estimate of drug-likeness (QED) is 0.847. The van der Waals surface area contributed by atoms with E-state index in [-0.39, 0.29) is 18.0 Å². The molecule has 4 nitrogen and oxygen atoms in total. The van der Waals surface area contributed by atoms with Crippen LogP contribution in [0, 0.1) is 5.82 Å². The van der Waals surface area contributed by atoms with Crippen LogP contribution in [0.25, 0.3) is 0 Å². The van der Waals surface area contributed by atoms with E-state index in [1.165, 1.54) is 12.1 Å². The van der Waals surface area contributed by atoms with Crippen molar-refractivity contribution in [2.45, 2.75) is 18.9 Å². The SMILES string of the molecule is O=C(NC[C@@H]1CCCO1)Nc1cccc(F)c1. The number of anilines is 1. The third-order valence-electron chi connectivity index (χ3n) is 2.60. The van der Waals surface area contributed by atoms with Crippen LogP contribution >= 0.6 is 0 Å². The number of amides is 2. The summed E-state index contributed by atoms with van der Waals surface area (Å²) in [5.74, 6) is -0.373. The van der Waals surface area contributed by atoms with Gasteiger partial charge in [0, 0.05) is 18.8 Å². The molecule has 0 aromatic heterocycles. The lowest BCUT2D eigenvalue weighted by atomic mass is 10.2. The van der Waals surface area contributed by atoms with Crippen molar-refractivity contribution in [1.29, 1.82) is 0 Å². The Labute approximate surface area is 99.2 Å². The first-order valence-corrected chi connectivity index (χ1v) is 5.66. The Balaban J connectivity index is 1.76. The maximum Gasteiger partial charge on any atom is 0.319 e. The predicted octanol–water partition coefficient (Wildman–Crippen LogP) is 2.13. The van der Waals surface area contributed by atoms with Crippen LogP contribution in [0.4, 0.5) is 14.9 Å². The van der Waals surface area contributed by atoms with Crippen LogP contribution in [0.3, 0.4) is 0 Å². The molecule has 1 aromatic rings. The van der Waals surface area contributed by atoms with E-state index in [0.29, 0.717) is 12.2 Å². The molecule has 1 aliphatic rings. The van der Waals surface area contributed by atoms with Gasteiger partial charge < -0.3 is 15.4 Å². The molecule has 2 amide bonds. The molecule has 0 saturated carbocycles. The minimum Gasteiger partial charge on any atom is -0.376 e. The van der Waals surface area contributed by atoms with Crippen molar-refractivity contribution in [2.24, 2.45) is 0 Å². The maximum absolute atomic E-state index is 12.9. The van der Waals surface area contributed by atoms with Crippen LogP contribution in [-0.2, 0) is 4.74 Å². The maximum atomic E-state index is 12.9. The highest BCUT2D eigenvalue weighted by Crippen LogP contribution is 2.11. The molecule has 92 valence electrons. The summed E-state index contributed by atoms with van der Waals surface area (Å²) in [5, 5.41) is 5.26. The fraction of sp³-hybridized carbons (Fsp3) is 0.417. The Morgan fingerprint density at radius 1 is 1.53 bits per heavy atom. The van der Waals surface area contributed by atoms with E-state index < -0.39 is 0 Å². The number of carbonyl (C=O) groups excluding carboxylic acids is 1. The highest BCUT2D eigenvalue weighted by atomic mass is 19.1. The number of hydrogen-bond donors (Lipinski definition) is 2. The smallest absolute Gasteiger partial charge is 0.319 e. The summed E-state index contributed by atoms with van der Waals surface area (Å²) >= 11 is 0. The summed E-state index contributed by atoms with van der Waals surface area (Å²) in [6.07, 6.45) is 2.12. The number of carbonyl (C=O) groups is 1. The molecule has 1 fully saturated rings. The van der Waals surface area contributed by atoms with E-state index in [9.17, 15) is 9.18 Å². The van der Waals surface area contributed by atoms with Crippen LogP contribution < -0.4 is 10.6 Å².